The molecule has 0 aliphatic carbocycles. The Hall–Kier alpha value is -1.31. The van der Waals surface area contributed by atoms with Crippen molar-refractivity contribution in [3.63, 3.8) is 0 Å². The van der Waals surface area contributed by atoms with Crippen molar-refractivity contribution in [3.8, 4) is 6.07 Å². The maximum atomic E-state index is 9.00. The molecule has 0 fully saturated rings. The van der Waals surface area contributed by atoms with Crippen LogP contribution in [0.4, 0.5) is 5.69 Å². The predicted octanol–water partition coefficient (Wildman–Crippen LogP) is 2.29. The van der Waals surface area contributed by atoms with Gasteiger partial charge in [0.1, 0.15) is 11.2 Å². The van der Waals surface area contributed by atoms with Crippen LogP contribution < -0.4 is 5.73 Å². The van der Waals surface area contributed by atoms with Gasteiger partial charge in [0, 0.05) is 12.2 Å². The number of nitrogens with two attached hydrogens (primary N) is 1. The topological polar surface area (TPSA) is 71.9 Å². The monoisotopic (exact) mass is 239 g/mol. The van der Waals surface area contributed by atoms with Crippen LogP contribution in [0, 0.1) is 11.3 Å². The fourth-order valence-corrected chi connectivity index (χ4v) is 1.66. The van der Waals surface area contributed by atoms with Crippen LogP contribution in [0.3, 0.4) is 0 Å². The van der Waals surface area contributed by atoms with Crippen LogP contribution in [0.25, 0.3) is 0 Å². The summed E-state index contributed by atoms with van der Waals surface area (Å²) in [6.07, 6.45) is 0.677. The second-order valence-electron chi connectivity index (χ2n) is 3.22. The summed E-state index contributed by atoms with van der Waals surface area (Å²) < 4.78 is 5.28. The van der Waals surface area contributed by atoms with Crippen molar-refractivity contribution in [2.24, 2.45) is 0 Å². The lowest BCUT2D eigenvalue weighted by Crippen LogP contribution is -2.07. The zero-order valence-corrected chi connectivity index (χ0v) is 10.1. The highest BCUT2D eigenvalue weighted by Gasteiger charge is 2.15. The Morgan fingerprint density at radius 2 is 2.19 bits per heavy atom. The normalized spacial score (nSPS) is 10.1. The molecule has 0 amide bonds. The van der Waals surface area contributed by atoms with Gasteiger partial charge in [0.15, 0.2) is 0 Å². The Balaban J connectivity index is 3.29. The molecule has 1 aromatic rings. The second-order valence-corrected chi connectivity index (χ2v) is 3.58. The third-order valence-electron chi connectivity index (χ3n) is 2.27. The minimum atomic E-state index is 0.197. The summed E-state index contributed by atoms with van der Waals surface area (Å²) in [5.74, 6) is 0. The van der Waals surface area contributed by atoms with Gasteiger partial charge in [-0.2, -0.15) is 5.26 Å². The van der Waals surface area contributed by atoms with Crippen molar-refractivity contribution >= 4 is 17.3 Å². The summed E-state index contributed by atoms with van der Waals surface area (Å²) >= 11 is 5.92. The molecule has 5 heteroatoms. The Kier molecular flexibility index (Phi) is 4.53. The average molecular weight is 240 g/mol. The van der Waals surface area contributed by atoms with Crippen LogP contribution >= 0.6 is 11.6 Å². The van der Waals surface area contributed by atoms with Crippen molar-refractivity contribution in [2.75, 3.05) is 12.3 Å². The standard InChI is InChI=1S/C11H14ClN3O/c1-3-9-10(14)8(6-16-4-2)7(5-13)11(12)15-9/h3-4,6,14H2,1-2H3. The minimum Gasteiger partial charge on any atom is -0.397 e. The van der Waals surface area contributed by atoms with E-state index in [1.165, 1.54) is 0 Å². The molecule has 2 N–H and O–H groups in total. The molecule has 4 nitrogen and oxygen atoms in total. The van der Waals surface area contributed by atoms with Crippen molar-refractivity contribution in [1.29, 1.82) is 5.26 Å². The molecule has 0 saturated heterocycles. The Labute approximate surface area is 100.0 Å². The van der Waals surface area contributed by atoms with E-state index in [1.807, 2.05) is 19.9 Å². The van der Waals surface area contributed by atoms with E-state index < -0.39 is 0 Å². The predicted molar refractivity (Wildman–Crippen MR) is 63.1 cm³/mol. The highest BCUT2D eigenvalue weighted by atomic mass is 35.5. The van der Waals surface area contributed by atoms with Crippen LogP contribution in [-0.4, -0.2) is 11.6 Å². The number of hydrogen-bond donors (Lipinski definition) is 1. The fourth-order valence-electron chi connectivity index (χ4n) is 1.41. The Morgan fingerprint density at radius 3 is 2.69 bits per heavy atom. The third-order valence-corrected chi connectivity index (χ3v) is 2.55. The van der Waals surface area contributed by atoms with Gasteiger partial charge in [-0.25, -0.2) is 4.98 Å². The number of rotatable bonds is 4. The number of aromatic nitrogens is 1. The summed E-state index contributed by atoms with van der Waals surface area (Å²) in [5, 5.41) is 9.20. The summed E-state index contributed by atoms with van der Waals surface area (Å²) in [6.45, 7) is 4.67. The van der Waals surface area contributed by atoms with E-state index in [1.54, 1.807) is 0 Å². The van der Waals surface area contributed by atoms with Crippen LogP contribution in [-0.2, 0) is 17.8 Å². The van der Waals surface area contributed by atoms with Gasteiger partial charge in [-0.05, 0) is 13.3 Å². The van der Waals surface area contributed by atoms with E-state index >= 15 is 0 Å². The van der Waals surface area contributed by atoms with Crippen molar-refractivity contribution < 1.29 is 4.74 Å². The Morgan fingerprint density at radius 1 is 1.50 bits per heavy atom. The molecule has 86 valence electrons. The minimum absolute atomic E-state index is 0.197. The van der Waals surface area contributed by atoms with Gasteiger partial charge in [0.05, 0.1) is 23.6 Å². The molecule has 0 radical (unpaired) electrons. The number of pyridine rings is 1. The lowest BCUT2D eigenvalue weighted by Gasteiger charge is -2.12. The number of hydrogen-bond acceptors (Lipinski definition) is 4. The lowest BCUT2D eigenvalue weighted by atomic mass is 10.1. The maximum absolute atomic E-state index is 9.00. The number of nitrogens with zero attached hydrogens (tertiary/aromatic N) is 2. The highest BCUT2D eigenvalue weighted by molar-refractivity contribution is 6.30. The van der Waals surface area contributed by atoms with Crippen LogP contribution in [0.5, 0.6) is 0 Å². The molecule has 0 aliphatic rings. The molecule has 0 spiro atoms. The van der Waals surface area contributed by atoms with Crippen LogP contribution in [0.15, 0.2) is 0 Å². The Bertz CT molecular complexity index is 425. The van der Waals surface area contributed by atoms with Gasteiger partial charge in [0.25, 0.3) is 0 Å². The number of nitriles is 1. The molecular formula is C11H14ClN3O. The first-order valence-corrected chi connectivity index (χ1v) is 5.48. The van der Waals surface area contributed by atoms with E-state index in [2.05, 4.69) is 4.98 Å². The number of nitrogen functional groups attached to an aromatic ring is 1. The molecule has 0 aromatic carbocycles. The van der Waals surface area contributed by atoms with Gasteiger partial charge in [-0.15, -0.1) is 0 Å². The average Bonchev–Trinajstić information content (AvgIpc) is 2.29. The summed E-state index contributed by atoms with van der Waals surface area (Å²) in [6, 6.07) is 2.01. The maximum Gasteiger partial charge on any atom is 0.147 e. The molecule has 16 heavy (non-hydrogen) atoms. The zero-order valence-electron chi connectivity index (χ0n) is 9.38. The summed E-state index contributed by atoms with van der Waals surface area (Å²) in [7, 11) is 0. The van der Waals surface area contributed by atoms with Crippen LogP contribution in [0.1, 0.15) is 30.7 Å². The van der Waals surface area contributed by atoms with E-state index in [0.29, 0.717) is 42.1 Å². The van der Waals surface area contributed by atoms with E-state index in [4.69, 9.17) is 27.3 Å². The van der Waals surface area contributed by atoms with Gasteiger partial charge < -0.3 is 10.5 Å². The van der Waals surface area contributed by atoms with Gasteiger partial charge in [0.2, 0.25) is 0 Å². The van der Waals surface area contributed by atoms with Gasteiger partial charge >= 0.3 is 0 Å². The fraction of sp³-hybridized carbons (Fsp3) is 0.455. The number of ether oxygens (including phenoxy) is 1. The van der Waals surface area contributed by atoms with E-state index in [9.17, 15) is 0 Å². The van der Waals surface area contributed by atoms with Crippen LogP contribution in [0.2, 0.25) is 5.15 Å². The lowest BCUT2D eigenvalue weighted by molar-refractivity contribution is 0.134. The number of aryl methyl sites for hydroxylation is 1. The molecule has 0 aliphatic heterocycles. The first kappa shape index (κ1) is 12.8. The highest BCUT2D eigenvalue weighted by Crippen LogP contribution is 2.26. The first-order valence-electron chi connectivity index (χ1n) is 5.10. The van der Waals surface area contributed by atoms with Gasteiger partial charge in [-0.1, -0.05) is 18.5 Å². The third kappa shape index (κ3) is 2.43. The summed E-state index contributed by atoms with van der Waals surface area (Å²) in [4.78, 5) is 4.09. The largest absolute Gasteiger partial charge is 0.397 e. The molecule has 1 aromatic heterocycles. The van der Waals surface area contributed by atoms with E-state index in [-0.39, 0.29) is 5.15 Å². The molecule has 0 unspecified atom stereocenters. The van der Waals surface area contributed by atoms with Gasteiger partial charge in [-0.3, -0.25) is 0 Å². The van der Waals surface area contributed by atoms with Crippen molar-refractivity contribution in [2.45, 2.75) is 26.9 Å². The first-order chi connectivity index (χ1) is 7.65. The zero-order chi connectivity index (χ0) is 12.1. The van der Waals surface area contributed by atoms with Crippen molar-refractivity contribution in [1.82, 2.24) is 4.98 Å². The van der Waals surface area contributed by atoms with E-state index in [0.717, 1.165) is 0 Å². The SMILES string of the molecule is CCOCc1c(N)c(CC)nc(Cl)c1C#N. The molecule has 0 bridgehead atoms. The second kappa shape index (κ2) is 5.69. The molecule has 1 rings (SSSR count). The summed E-state index contributed by atoms with van der Waals surface area (Å²) in [5.41, 5.74) is 8.10. The number of halogens is 1. The molecule has 1 heterocycles. The quantitative estimate of drug-likeness (QED) is 0.819. The molecule has 0 saturated carbocycles. The smallest absolute Gasteiger partial charge is 0.147 e. The molecule has 0 atom stereocenters. The molecular weight excluding hydrogens is 226 g/mol. The van der Waals surface area contributed by atoms with Crippen molar-refractivity contribution in [3.05, 3.63) is 22.0 Å². The number of anilines is 1.